The number of likely N-dealkylation sites (N-methyl/N-ethyl adjacent to an activating group) is 1. The summed E-state index contributed by atoms with van der Waals surface area (Å²) in [4.78, 5) is 12.7. The summed E-state index contributed by atoms with van der Waals surface area (Å²) in [6.45, 7) is 4.16. The zero-order chi connectivity index (χ0) is 17.6. The molecule has 3 aromatic rings. The van der Waals surface area contributed by atoms with Gasteiger partial charge in [0.05, 0.1) is 7.11 Å². The van der Waals surface area contributed by atoms with Gasteiger partial charge in [0.15, 0.2) is 0 Å². The molecule has 1 aromatic heterocycles. The van der Waals surface area contributed by atoms with Gasteiger partial charge in [-0.05, 0) is 24.2 Å². The number of furan rings is 1. The summed E-state index contributed by atoms with van der Waals surface area (Å²) in [5, 5.41) is 6.98. The normalized spacial score (nSPS) is 10.4. The van der Waals surface area contributed by atoms with Crippen LogP contribution in [0.2, 0.25) is 0 Å². The number of amides is 1. The topological polar surface area (TPSA) is 63.5 Å². The maximum atomic E-state index is 12.7. The SMILES string of the molecule is CCNCCNC(=O)c1oc2cc(OC)ccc2c1-c1ccccc1.Cl. The fourth-order valence-electron chi connectivity index (χ4n) is 2.78. The van der Waals surface area contributed by atoms with E-state index in [1.54, 1.807) is 13.2 Å². The van der Waals surface area contributed by atoms with Gasteiger partial charge >= 0.3 is 0 Å². The molecule has 0 saturated carbocycles. The van der Waals surface area contributed by atoms with Crippen molar-refractivity contribution in [2.45, 2.75) is 6.92 Å². The maximum Gasteiger partial charge on any atom is 0.287 e. The van der Waals surface area contributed by atoms with Crippen molar-refractivity contribution >= 4 is 29.3 Å². The summed E-state index contributed by atoms with van der Waals surface area (Å²) in [5.74, 6) is 0.804. The molecule has 2 aromatic carbocycles. The average Bonchev–Trinajstić information content (AvgIpc) is 3.04. The minimum absolute atomic E-state index is 0. The fraction of sp³-hybridized carbons (Fsp3) is 0.250. The van der Waals surface area contributed by atoms with Gasteiger partial charge in [0.25, 0.3) is 5.91 Å². The highest BCUT2D eigenvalue weighted by molar-refractivity contribution is 6.08. The number of carbonyl (C=O) groups is 1. The molecule has 1 amide bonds. The lowest BCUT2D eigenvalue weighted by molar-refractivity contribution is 0.0929. The lowest BCUT2D eigenvalue weighted by Gasteiger charge is -2.06. The first-order valence-electron chi connectivity index (χ1n) is 8.39. The van der Waals surface area contributed by atoms with Crippen LogP contribution >= 0.6 is 12.4 Å². The average molecular weight is 375 g/mol. The predicted octanol–water partition coefficient (Wildman–Crippen LogP) is 3.87. The van der Waals surface area contributed by atoms with E-state index in [4.69, 9.17) is 9.15 Å². The first-order chi connectivity index (χ1) is 12.2. The van der Waals surface area contributed by atoms with E-state index in [1.165, 1.54) is 0 Å². The number of carbonyl (C=O) groups excluding carboxylic acids is 1. The second-order valence-electron chi connectivity index (χ2n) is 5.64. The Morgan fingerprint density at radius 3 is 2.58 bits per heavy atom. The molecule has 0 radical (unpaired) electrons. The Balaban J connectivity index is 0.00000243. The summed E-state index contributed by atoms with van der Waals surface area (Å²) in [7, 11) is 1.61. The third-order valence-electron chi connectivity index (χ3n) is 4.00. The molecule has 0 saturated heterocycles. The molecule has 0 aliphatic carbocycles. The first kappa shape index (κ1) is 19.8. The molecule has 138 valence electrons. The zero-order valence-electron chi connectivity index (χ0n) is 14.9. The van der Waals surface area contributed by atoms with Crippen LogP contribution in [0.25, 0.3) is 22.1 Å². The van der Waals surface area contributed by atoms with Crippen molar-refractivity contribution in [3.8, 4) is 16.9 Å². The zero-order valence-corrected chi connectivity index (χ0v) is 15.7. The van der Waals surface area contributed by atoms with Crippen molar-refractivity contribution in [1.29, 1.82) is 0 Å². The number of hydrogen-bond acceptors (Lipinski definition) is 4. The van der Waals surface area contributed by atoms with Crippen LogP contribution < -0.4 is 15.4 Å². The number of halogens is 1. The van der Waals surface area contributed by atoms with Gasteiger partial charge in [-0.1, -0.05) is 37.3 Å². The number of benzene rings is 2. The standard InChI is InChI=1S/C20H22N2O3.ClH/c1-3-21-11-12-22-20(23)19-18(14-7-5-4-6-8-14)16-10-9-15(24-2)13-17(16)25-19;/h4-10,13,21H,3,11-12H2,1-2H3,(H,22,23);1H. The van der Waals surface area contributed by atoms with E-state index in [2.05, 4.69) is 10.6 Å². The number of rotatable bonds is 7. The molecule has 0 aliphatic heterocycles. The smallest absolute Gasteiger partial charge is 0.287 e. The Bertz CT molecular complexity index is 862. The Labute approximate surface area is 159 Å². The van der Waals surface area contributed by atoms with Gasteiger partial charge in [-0.15, -0.1) is 12.4 Å². The number of fused-ring (bicyclic) bond motifs is 1. The van der Waals surface area contributed by atoms with Crippen molar-refractivity contribution in [2.24, 2.45) is 0 Å². The summed E-state index contributed by atoms with van der Waals surface area (Å²) in [5.41, 5.74) is 2.39. The molecular weight excluding hydrogens is 352 g/mol. The summed E-state index contributed by atoms with van der Waals surface area (Å²) < 4.78 is 11.2. The van der Waals surface area contributed by atoms with Crippen molar-refractivity contribution in [3.63, 3.8) is 0 Å². The monoisotopic (exact) mass is 374 g/mol. The second-order valence-corrected chi connectivity index (χ2v) is 5.64. The van der Waals surface area contributed by atoms with Crippen LogP contribution in [0.1, 0.15) is 17.5 Å². The van der Waals surface area contributed by atoms with Gasteiger partial charge < -0.3 is 19.8 Å². The molecule has 0 atom stereocenters. The van der Waals surface area contributed by atoms with E-state index in [-0.39, 0.29) is 18.3 Å². The minimum atomic E-state index is -0.216. The van der Waals surface area contributed by atoms with Gasteiger partial charge in [0, 0.05) is 30.1 Å². The van der Waals surface area contributed by atoms with E-state index < -0.39 is 0 Å². The van der Waals surface area contributed by atoms with Crippen molar-refractivity contribution in [1.82, 2.24) is 10.6 Å². The van der Waals surface area contributed by atoms with Crippen LogP contribution in [-0.4, -0.2) is 32.7 Å². The predicted molar refractivity (Wildman–Crippen MR) is 106 cm³/mol. The number of methoxy groups -OCH3 is 1. The molecule has 2 N–H and O–H groups in total. The van der Waals surface area contributed by atoms with E-state index in [1.807, 2.05) is 49.4 Å². The molecule has 0 aliphatic rings. The summed E-state index contributed by atoms with van der Waals surface area (Å²) in [6.07, 6.45) is 0. The van der Waals surface area contributed by atoms with Crippen LogP contribution in [0.3, 0.4) is 0 Å². The molecule has 0 spiro atoms. The molecule has 0 fully saturated rings. The quantitative estimate of drug-likeness (QED) is 0.616. The Hall–Kier alpha value is -2.50. The molecule has 3 rings (SSSR count). The third-order valence-corrected chi connectivity index (χ3v) is 4.00. The molecule has 1 heterocycles. The summed E-state index contributed by atoms with van der Waals surface area (Å²) in [6, 6.07) is 15.4. The van der Waals surface area contributed by atoms with Gasteiger partial charge in [-0.3, -0.25) is 4.79 Å². The maximum absolute atomic E-state index is 12.7. The van der Waals surface area contributed by atoms with Gasteiger partial charge in [-0.25, -0.2) is 0 Å². The highest BCUT2D eigenvalue weighted by Crippen LogP contribution is 2.36. The molecule has 5 nitrogen and oxygen atoms in total. The van der Waals surface area contributed by atoms with Crippen molar-refractivity contribution in [3.05, 3.63) is 54.3 Å². The Morgan fingerprint density at radius 2 is 1.88 bits per heavy atom. The van der Waals surface area contributed by atoms with Gasteiger partial charge in [0.1, 0.15) is 11.3 Å². The third kappa shape index (κ3) is 4.18. The minimum Gasteiger partial charge on any atom is -0.497 e. The van der Waals surface area contributed by atoms with Crippen molar-refractivity contribution < 1.29 is 13.9 Å². The van der Waals surface area contributed by atoms with E-state index in [0.717, 1.165) is 29.6 Å². The Kier molecular flexibility index (Phi) is 7.06. The highest BCUT2D eigenvalue weighted by atomic mass is 35.5. The van der Waals surface area contributed by atoms with E-state index in [0.29, 0.717) is 23.6 Å². The lowest BCUT2D eigenvalue weighted by Crippen LogP contribution is -2.31. The van der Waals surface area contributed by atoms with E-state index >= 15 is 0 Å². The number of nitrogens with one attached hydrogen (secondary N) is 2. The van der Waals surface area contributed by atoms with Crippen LogP contribution in [0.15, 0.2) is 52.9 Å². The molecule has 6 heteroatoms. The number of ether oxygens (including phenoxy) is 1. The van der Waals surface area contributed by atoms with Crippen LogP contribution in [-0.2, 0) is 0 Å². The van der Waals surface area contributed by atoms with Crippen molar-refractivity contribution in [2.75, 3.05) is 26.7 Å². The highest BCUT2D eigenvalue weighted by Gasteiger charge is 2.21. The van der Waals surface area contributed by atoms with Crippen LogP contribution in [0.4, 0.5) is 0 Å². The number of hydrogen-bond donors (Lipinski definition) is 2. The lowest BCUT2D eigenvalue weighted by atomic mass is 10.0. The molecule has 0 bridgehead atoms. The first-order valence-corrected chi connectivity index (χ1v) is 8.39. The molecule has 26 heavy (non-hydrogen) atoms. The Morgan fingerprint density at radius 1 is 1.12 bits per heavy atom. The van der Waals surface area contributed by atoms with E-state index in [9.17, 15) is 4.79 Å². The fourth-order valence-corrected chi connectivity index (χ4v) is 2.78. The van der Waals surface area contributed by atoms with Crippen LogP contribution in [0, 0.1) is 0 Å². The van der Waals surface area contributed by atoms with Crippen LogP contribution in [0.5, 0.6) is 5.75 Å². The largest absolute Gasteiger partial charge is 0.497 e. The summed E-state index contributed by atoms with van der Waals surface area (Å²) >= 11 is 0. The van der Waals surface area contributed by atoms with Gasteiger partial charge in [0.2, 0.25) is 5.76 Å². The second kappa shape index (κ2) is 9.27. The van der Waals surface area contributed by atoms with Gasteiger partial charge in [-0.2, -0.15) is 0 Å². The molecule has 0 unspecified atom stereocenters. The molecular formula is C20H23ClN2O3.